The molecule has 0 aliphatic heterocycles. The number of hydrogen-bond donors (Lipinski definition) is 4. The van der Waals surface area contributed by atoms with Crippen LogP contribution in [0, 0.1) is 0 Å². The Morgan fingerprint density at radius 2 is 1.75 bits per heavy atom. The van der Waals surface area contributed by atoms with Crippen LogP contribution >= 0.6 is 24.4 Å². The fraction of sp³-hybridized carbons (Fsp3) is 0.778. The summed E-state index contributed by atoms with van der Waals surface area (Å²) in [5.41, 5.74) is 4.40. The molecule has 0 heterocycles. The molecule has 0 rings (SSSR count). The van der Waals surface area contributed by atoms with Crippen LogP contribution in [0.3, 0.4) is 0 Å². The van der Waals surface area contributed by atoms with Crippen LogP contribution < -0.4 is 11.1 Å². The van der Waals surface area contributed by atoms with Crippen molar-refractivity contribution in [1.29, 1.82) is 0 Å². The van der Waals surface area contributed by atoms with E-state index in [4.69, 9.17) is 10.2 Å². The molecule has 0 saturated heterocycles. The summed E-state index contributed by atoms with van der Waals surface area (Å²) in [5, 5.41) is 18.5. The molecule has 0 radical (unpaired) electrons. The Bertz CT molecular complexity index is 190. The van der Waals surface area contributed by atoms with Gasteiger partial charge in [0.25, 0.3) is 10.3 Å². The molecule has 0 aromatic heterocycles. The van der Waals surface area contributed by atoms with Crippen LogP contribution in [0.15, 0.2) is 0 Å². The molecular weight excluding hydrogens is 255 g/mol. The maximum atomic E-state index is 8.70. The van der Waals surface area contributed by atoms with E-state index < -0.39 is 5.17 Å². The molecule has 0 spiro atoms. The summed E-state index contributed by atoms with van der Waals surface area (Å²) in [5.74, 6) is 0. The van der Waals surface area contributed by atoms with E-state index in [1.807, 2.05) is 6.92 Å². The van der Waals surface area contributed by atoms with Gasteiger partial charge in [0.1, 0.15) is 0 Å². The predicted molar refractivity (Wildman–Crippen MR) is 78.5 cm³/mol. The molecule has 16 heavy (non-hydrogen) atoms. The number of rotatable bonds is 5. The normalized spacial score (nSPS) is 10.1. The van der Waals surface area contributed by atoms with Crippen molar-refractivity contribution < 1.29 is 10.2 Å². The predicted octanol–water partition coefficient (Wildman–Crippen LogP) is 1.53. The van der Waals surface area contributed by atoms with Crippen molar-refractivity contribution in [2.24, 2.45) is 5.73 Å². The van der Waals surface area contributed by atoms with E-state index in [2.05, 4.69) is 42.4 Å². The van der Waals surface area contributed by atoms with E-state index in [1.165, 1.54) is 19.3 Å². The standard InChI is InChI=1S/C8H17NOS.CH3NOS.Na.H/c1-3-4-5-6-7(2)9-8(10)11;2-1(3)4;;/h7H,3-6H2,1-2H3,(H2,9,10,11);(H3,2,3,4);;. The summed E-state index contributed by atoms with van der Waals surface area (Å²) in [6, 6.07) is 0.305. The third-order valence-corrected chi connectivity index (χ3v) is 1.73. The quantitative estimate of drug-likeness (QED) is 0.346. The Kier molecular flexibility index (Phi) is 20.8. The number of aliphatic hydroxyl groups is 2. The number of unbranched alkanes of at least 4 members (excludes halogenated alkanes) is 2. The number of aliphatic hydroxyl groups excluding tert-OH is 2. The molecule has 0 fully saturated rings. The van der Waals surface area contributed by atoms with Crippen molar-refractivity contribution in [3.05, 3.63) is 0 Å². The van der Waals surface area contributed by atoms with Crippen LogP contribution in [0.1, 0.15) is 39.5 Å². The van der Waals surface area contributed by atoms with Gasteiger partial charge in [0.2, 0.25) is 0 Å². The average Bonchev–Trinajstić information content (AvgIpc) is 2.02. The molecule has 5 N–H and O–H groups in total. The monoisotopic (exact) mass is 276 g/mol. The van der Waals surface area contributed by atoms with E-state index in [1.54, 1.807) is 0 Å². The minimum atomic E-state index is -0.500. The summed E-state index contributed by atoms with van der Waals surface area (Å²) < 4.78 is 0. The van der Waals surface area contributed by atoms with Gasteiger partial charge in [-0.15, -0.1) is 0 Å². The van der Waals surface area contributed by atoms with E-state index in [9.17, 15) is 0 Å². The second kappa shape index (κ2) is 15.4. The Balaban J connectivity index is -0.000000292. The van der Waals surface area contributed by atoms with Gasteiger partial charge in [-0.2, -0.15) is 0 Å². The molecule has 7 heteroatoms. The van der Waals surface area contributed by atoms with Crippen LogP contribution in [-0.4, -0.2) is 56.2 Å². The van der Waals surface area contributed by atoms with Crippen molar-refractivity contribution in [3.8, 4) is 0 Å². The van der Waals surface area contributed by atoms with Crippen molar-refractivity contribution in [3.63, 3.8) is 0 Å². The molecule has 1 unspecified atom stereocenters. The fourth-order valence-corrected chi connectivity index (χ4v) is 1.18. The van der Waals surface area contributed by atoms with Gasteiger partial charge in [0.15, 0.2) is 0 Å². The molecule has 1 atom stereocenters. The van der Waals surface area contributed by atoms with Gasteiger partial charge in [-0.05, 0) is 37.8 Å². The summed E-state index contributed by atoms with van der Waals surface area (Å²) in [7, 11) is 0. The number of thiocarbonyl (C=S) groups is 2. The summed E-state index contributed by atoms with van der Waals surface area (Å²) in [6.07, 6.45) is 4.77. The molecule has 0 amide bonds. The average molecular weight is 276 g/mol. The molecule has 0 aliphatic carbocycles. The van der Waals surface area contributed by atoms with Crippen molar-refractivity contribution in [2.75, 3.05) is 0 Å². The zero-order valence-corrected chi connectivity index (χ0v) is 10.8. The first-order valence-electron chi connectivity index (χ1n) is 4.88. The maximum absolute atomic E-state index is 8.70. The van der Waals surface area contributed by atoms with Crippen LogP contribution in [-0.2, 0) is 0 Å². The third-order valence-electron chi connectivity index (χ3n) is 1.61. The van der Waals surface area contributed by atoms with Gasteiger partial charge >= 0.3 is 29.6 Å². The Hall–Kier alpha value is 0.380. The Labute approximate surface area is 130 Å². The summed E-state index contributed by atoms with van der Waals surface area (Å²) in [6.45, 7) is 4.20. The molecule has 4 nitrogen and oxygen atoms in total. The van der Waals surface area contributed by atoms with Gasteiger partial charge < -0.3 is 21.3 Å². The van der Waals surface area contributed by atoms with E-state index >= 15 is 0 Å². The third kappa shape index (κ3) is 29.3. The summed E-state index contributed by atoms with van der Waals surface area (Å²) >= 11 is 8.37. The van der Waals surface area contributed by atoms with Gasteiger partial charge in [-0.1, -0.05) is 26.2 Å². The molecule has 92 valence electrons. The first-order valence-corrected chi connectivity index (χ1v) is 5.69. The zero-order valence-electron chi connectivity index (χ0n) is 9.19. The number of nitrogens with two attached hydrogens (primary N) is 1. The van der Waals surface area contributed by atoms with Gasteiger partial charge in [-0.3, -0.25) is 0 Å². The van der Waals surface area contributed by atoms with Crippen LogP contribution in [0.2, 0.25) is 0 Å². The topological polar surface area (TPSA) is 78.5 Å². The summed E-state index contributed by atoms with van der Waals surface area (Å²) in [4.78, 5) is 0. The molecule has 0 aliphatic rings. The van der Waals surface area contributed by atoms with Crippen LogP contribution in [0.5, 0.6) is 0 Å². The fourth-order valence-electron chi connectivity index (χ4n) is 0.983. The molecular formula is C9H21N2NaO2S2. The molecule has 0 aromatic carbocycles. The number of hydrogen-bond acceptors (Lipinski definition) is 2. The van der Waals surface area contributed by atoms with Crippen molar-refractivity contribution in [1.82, 2.24) is 5.32 Å². The van der Waals surface area contributed by atoms with Crippen LogP contribution in [0.25, 0.3) is 0 Å². The molecule has 0 aromatic rings. The first kappa shape index (κ1) is 21.6. The Morgan fingerprint density at radius 3 is 2.06 bits per heavy atom. The Morgan fingerprint density at radius 1 is 1.31 bits per heavy atom. The minimum absolute atomic E-state index is 0. The van der Waals surface area contributed by atoms with Crippen molar-refractivity contribution >= 4 is 64.3 Å². The first-order chi connectivity index (χ1) is 6.90. The SMILES string of the molecule is CCCCCC(C)NC(O)=S.NC(O)=S.[NaH]. The second-order valence-electron chi connectivity index (χ2n) is 3.18. The number of nitrogens with one attached hydrogen (secondary N) is 1. The molecule has 0 bridgehead atoms. The van der Waals surface area contributed by atoms with E-state index in [-0.39, 0.29) is 34.7 Å². The van der Waals surface area contributed by atoms with Gasteiger partial charge in [-0.25, -0.2) is 0 Å². The van der Waals surface area contributed by atoms with Crippen molar-refractivity contribution in [2.45, 2.75) is 45.6 Å². The van der Waals surface area contributed by atoms with Crippen LogP contribution in [0.4, 0.5) is 0 Å². The second-order valence-corrected chi connectivity index (χ2v) is 3.99. The van der Waals surface area contributed by atoms with E-state index in [0.29, 0.717) is 6.04 Å². The van der Waals surface area contributed by atoms with Gasteiger partial charge in [0.05, 0.1) is 0 Å². The van der Waals surface area contributed by atoms with E-state index in [0.717, 1.165) is 6.42 Å². The zero-order chi connectivity index (χ0) is 12.3. The molecule has 0 saturated carbocycles. The van der Waals surface area contributed by atoms with Gasteiger partial charge in [0, 0.05) is 6.04 Å².